The molecule has 0 fully saturated rings. The van der Waals surface area contributed by atoms with Crippen LogP contribution in [0, 0.1) is 0 Å². The summed E-state index contributed by atoms with van der Waals surface area (Å²) in [6.45, 7) is 2.83. The number of esters is 2. The van der Waals surface area contributed by atoms with E-state index in [-0.39, 0.29) is 0 Å². The van der Waals surface area contributed by atoms with Gasteiger partial charge in [0.25, 0.3) is 0 Å². The highest BCUT2D eigenvalue weighted by Crippen LogP contribution is 2.44. The number of rotatable bonds is 1. The molecule has 0 amide bonds. The zero-order valence-corrected chi connectivity index (χ0v) is 14.5. The van der Waals surface area contributed by atoms with E-state index in [1.807, 2.05) is 48.5 Å². The minimum absolute atomic E-state index is 0.374. The second-order valence-corrected chi connectivity index (χ2v) is 6.83. The third-order valence-corrected chi connectivity index (χ3v) is 5.57. The predicted octanol–water partition coefficient (Wildman–Crippen LogP) is 4.76. The Bertz CT molecular complexity index is 1470. The minimum atomic E-state index is -0.569. The standard InChI is InChI=1S/C22H14N2O3/c1-2-24-14-10-6-4-8-12(14)16-18-17(21(25)27-22(18)26)15-11-7-3-5-9-13(11)23-19(15)20(16)24/h3-10,23H,2H2,1H3. The largest absolute Gasteiger partial charge is 0.386 e. The number of aromatic amines is 1. The average Bonchev–Trinajstić information content (AvgIpc) is 3.31. The molecule has 3 heterocycles. The molecule has 0 aliphatic carbocycles. The Kier molecular flexibility index (Phi) is 2.57. The molecule has 1 aliphatic heterocycles. The maximum Gasteiger partial charge on any atom is 0.347 e. The third-order valence-electron chi connectivity index (χ3n) is 5.57. The Balaban J connectivity index is 2.05. The molecule has 5 heteroatoms. The summed E-state index contributed by atoms with van der Waals surface area (Å²) in [6, 6.07) is 15.8. The van der Waals surface area contributed by atoms with Crippen molar-refractivity contribution in [2.24, 2.45) is 0 Å². The molecule has 1 N–H and O–H groups in total. The second kappa shape index (κ2) is 4.76. The lowest BCUT2D eigenvalue weighted by Crippen LogP contribution is -1.98. The zero-order chi connectivity index (χ0) is 18.3. The first-order chi connectivity index (χ1) is 13.2. The van der Waals surface area contributed by atoms with Crippen LogP contribution in [0.2, 0.25) is 0 Å². The first-order valence-corrected chi connectivity index (χ1v) is 8.94. The lowest BCUT2D eigenvalue weighted by molar-refractivity contribution is 0.0445. The molecule has 5 nitrogen and oxygen atoms in total. The smallest absolute Gasteiger partial charge is 0.347 e. The van der Waals surface area contributed by atoms with Crippen LogP contribution in [0.25, 0.3) is 43.6 Å². The maximum absolute atomic E-state index is 12.7. The van der Waals surface area contributed by atoms with Crippen molar-refractivity contribution in [1.29, 1.82) is 0 Å². The molecule has 0 unspecified atom stereocenters. The van der Waals surface area contributed by atoms with Gasteiger partial charge in [-0.05, 0) is 19.1 Å². The molecular weight excluding hydrogens is 340 g/mol. The van der Waals surface area contributed by atoms with Gasteiger partial charge in [0, 0.05) is 39.1 Å². The number of carbonyl (C=O) groups is 2. The molecule has 6 rings (SSSR count). The summed E-state index contributed by atoms with van der Waals surface area (Å²) in [4.78, 5) is 28.8. The summed E-state index contributed by atoms with van der Waals surface area (Å²) in [6.07, 6.45) is 0. The highest BCUT2D eigenvalue weighted by Gasteiger charge is 2.37. The van der Waals surface area contributed by atoms with Gasteiger partial charge in [-0.2, -0.15) is 0 Å². The number of aryl methyl sites for hydroxylation is 1. The number of benzene rings is 3. The number of nitrogens with zero attached hydrogens (tertiary/aromatic N) is 1. The van der Waals surface area contributed by atoms with Gasteiger partial charge in [-0.15, -0.1) is 0 Å². The van der Waals surface area contributed by atoms with Crippen molar-refractivity contribution in [3.8, 4) is 0 Å². The maximum atomic E-state index is 12.7. The highest BCUT2D eigenvalue weighted by atomic mass is 16.6. The van der Waals surface area contributed by atoms with Gasteiger partial charge in [-0.25, -0.2) is 9.59 Å². The fraction of sp³-hybridized carbons (Fsp3) is 0.0909. The number of fused-ring (bicyclic) bond motifs is 10. The molecule has 0 radical (unpaired) electrons. The van der Waals surface area contributed by atoms with Crippen LogP contribution in [0.5, 0.6) is 0 Å². The number of hydrogen-bond donors (Lipinski definition) is 1. The number of aromatic nitrogens is 2. The quantitative estimate of drug-likeness (QED) is 0.349. The Labute approximate surface area is 153 Å². The van der Waals surface area contributed by atoms with Crippen LogP contribution in [0.3, 0.4) is 0 Å². The highest BCUT2D eigenvalue weighted by molar-refractivity contribution is 6.36. The first-order valence-electron chi connectivity index (χ1n) is 8.94. The molecule has 1 aliphatic rings. The third kappa shape index (κ3) is 1.60. The molecule has 0 saturated heterocycles. The van der Waals surface area contributed by atoms with E-state index in [0.717, 1.165) is 50.2 Å². The van der Waals surface area contributed by atoms with Crippen LogP contribution in [0.4, 0.5) is 0 Å². The van der Waals surface area contributed by atoms with Crippen LogP contribution < -0.4 is 0 Å². The molecule has 0 spiro atoms. The minimum Gasteiger partial charge on any atom is -0.386 e. The Morgan fingerprint density at radius 3 is 2.33 bits per heavy atom. The monoisotopic (exact) mass is 354 g/mol. The van der Waals surface area contributed by atoms with Crippen molar-refractivity contribution < 1.29 is 14.3 Å². The molecule has 27 heavy (non-hydrogen) atoms. The van der Waals surface area contributed by atoms with E-state index < -0.39 is 11.9 Å². The van der Waals surface area contributed by atoms with Crippen molar-refractivity contribution in [2.75, 3.05) is 0 Å². The number of H-pyrrole nitrogens is 1. The van der Waals surface area contributed by atoms with E-state index in [1.54, 1.807) is 0 Å². The summed E-state index contributed by atoms with van der Waals surface area (Å²) < 4.78 is 7.25. The fourth-order valence-electron chi connectivity index (χ4n) is 4.57. The number of cyclic esters (lactones) is 2. The molecule has 2 aromatic heterocycles. The lowest BCUT2D eigenvalue weighted by atomic mass is 9.97. The summed E-state index contributed by atoms with van der Waals surface area (Å²) >= 11 is 0. The van der Waals surface area contributed by atoms with Gasteiger partial charge in [0.1, 0.15) is 0 Å². The van der Waals surface area contributed by atoms with E-state index >= 15 is 0 Å². The summed E-state index contributed by atoms with van der Waals surface area (Å²) in [7, 11) is 0. The van der Waals surface area contributed by atoms with Gasteiger partial charge in [0.15, 0.2) is 0 Å². The molecular formula is C22H14N2O3. The van der Waals surface area contributed by atoms with E-state index in [9.17, 15) is 9.59 Å². The van der Waals surface area contributed by atoms with Crippen molar-refractivity contribution >= 4 is 55.6 Å². The SMILES string of the molecule is CCn1c2ccccc2c2c3c(c4c5ccccc5[nH]c4c21)C(=O)OC3=O. The number of carbonyl (C=O) groups excluding carboxylic acids is 2. The Morgan fingerprint density at radius 1 is 0.889 bits per heavy atom. The van der Waals surface area contributed by atoms with Crippen LogP contribution in [-0.2, 0) is 11.3 Å². The van der Waals surface area contributed by atoms with Gasteiger partial charge < -0.3 is 14.3 Å². The molecule has 5 aromatic rings. The van der Waals surface area contributed by atoms with Gasteiger partial charge >= 0.3 is 11.9 Å². The molecule has 0 bridgehead atoms. The van der Waals surface area contributed by atoms with Crippen LogP contribution in [0.1, 0.15) is 27.6 Å². The lowest BCUT2D eigenvalue weighted by Gasteiger charge is -2.06. The van der Waals surface area contributed by atoms with Gasteiger partial charge in [-0.3, -0.25) is 0 Å². The van der Waals surface area contributed by atoms with E-state index in [1.165, 1.54) is 0 Å². The van der Waals surface area contributed by atoms with Crippen molar-refractivity contribution in [3.05, 3.63) is 59.7 Å². The molecule has 130 valence electrons. The topological polar surface area (TPSA) is 64.1 Å². The van der Waals surface area contributed by atoms with Gasteiger partial charge in [0.2, 0.25) is 0 Å². The summed E-state index contributed by atoms with van der Waals surface area (Å²) in [5, 5.41) is 3.43. The number of nitrogens with one attached hydrogen (secondary N) is 1. The number of para-hydroxylation sites is 2. The van der Waals surface area contributed by atoms with Crippen LogP contribution >= 0.6 is 0 Å². The number of ether oxygens (including phenoxy) is 1. The first kappa shape index (κ1) is 14.6. The van der Waals surface area contributed by atoms with E-state index in [2.05, 4.69) is 16.5 Å². The van der Waals surface area contributed by atoms with Crippen molar-refractivity contribution in [2.45, 2.75) is 13.5 Å². The zero-order valence-electron chi connectivity index (χ0n) is 14.5. The second-order valence-electron chi connectivity index (χ2n) is 6.83. The predicted molar refractivity (Wildman–Crippen MR) is 104 cm³/mol. The molecule has 0 saturated carbocycles. The average molecular weight is 354 g/mol. The molecule has 3 aromatic carbocycles. The number of hydrogen-bond acceptors (Lipinski definition) is 3. The van der Waals surface area contributed by atoms with Gasteiger partial charge in [-0.1, -0.05) is 36.4 Å². The Hall–Kier alpha value is -3.60. The normalized spacial score (nSPS) is 14.0. The van der Waals surface area contributed by atoms with Crippen LogP contribution in [0.15, 0.2) is 48.5 Å². The summed E-state index contributed by atoms with van der Waals surface area (Å²) in [5.74, 6) is -1.13. The van der Waals surface area contributed by atoms with E-state index in [0.29, 0.717) is 11.1 Å². The van der Waals surface area contributed by atoms with E-state index in [4.69, 9.17) is 4.74 Å². The summed E-state index contributed by atoms with van der Waals surface area (Å²) in [5.41, 5.74) is 4.54. The Morgan fingerprint density at radius 2 is 1.56 bits per heavy atom. The van der Waals surface area contributed by atoms with Crippen LogP contribution in [-0.4, -0.2) is 21.5 Å². The fourth-order valence-corrected chi connectivity index (χ4v) is 4.57. The molecule has 0 atom stereocenters. The van der Waals surface area contributed by atoms with Crippen molar-refractivity contribution in [3.63, 3.8) is 0 Å². The van der Waals surface area contributed by atoms with Gasteiger partial charge in [0.05, 0.1) is 22.2 Å². The van der Waals surface area contributed by atoms with Crippen molar-refractivity contribution in [1.82, 2.24) is 9.55 Å².